The number of carbonyl (C=O) groups excluding carboxylic acids is 4. The molecule has 5 fully saturated rings. The number of nitrogens with zero attached hydrogens (tertiary/aromatic N) is 6. The highest BCUT2D eigenvalue weighted by atomic mass is 16.3. The van der Waals surface area contributed by atoms with E-state index in [0.717, 1.165) is 48.6 Å². The predicted octanol–water partition coefficient (Wildman–Crippen LogP) is 4.85. The van der Waals surface area contributed by atoms with Gasteiger partial charge in [0.25, 0.3) is 17.7 Å². The Morgan fingerprint density at radius 3 is 1.86 bits per heavy atom. The first kappa shape index (κ1) is 43.8. The van der Waals surface area contributed by atoms with Gasteiger partial charge in [-0.3, -0.25) is 29.0 Å². The first-order chi connectivity index (χ1) is 32.1. The highest BCUT2D eigenvalue weighted by Gasteiger charge is 2.56. The molecule has 14 heteroatoms. The standard InChI is InChI=1S/C52H60N8O6/c1-37(11-8-19-46(62)55-30-10-18-43(55)34-61)52(66)44-32-42(58-36-60(40-15-6-3-7-16-40)51(48(58)64)24-28-54-29-25-51)20-21-45(44)56(49(52)65)33-38-12-9-17-41(31-38)57-35-59(39-13-4-2-5-14-39)50(47(57)63)22-26-53-27-23-50/h2-9,11-17,20-21,31-32,37,43,53-54,61,66H,10,18-19,22-30,33-36H2,1H3/b11-8+/t37-,43+,52+/m1/s1. The molecular formula is C52H60N8O6. The van der Waals surface area contributed by atoms with Crippen LogP contribution in [-0.4, -0.2) is 109 Å². The van der Waals surface area contributed by atoms with Gasteiger partial charge >= 0.3 is 0 Å². The normalized spacial score (nSPS) is 24.2. The summed E-state index contributed by atoms with van der Waals surface area (Å²) in [7, 11) is 0. The molecule has 4 amide bonds. The van der Waals surface area contributed by atoms with Crippen LogP contribution in [0.5, 0.6) is 0 Å². The fourth-order valence-electron chi connectivity index (χ4n) is 11.6. The summed E-state index contributed by atoms with van der Waals surface area (Å²) in [5, 5.41) is 29.7. The van der Waals surface area contributed by atoms with Crippen LogP contribution in [0.4, 0.5) is 28.4 Å². The monoisotopic (exact) mass is 892 g/mol. The minimum absolute atomic E-state index is 0.0163. The van der Waals surface area contributed by atoms with Gasteiger partial charge in [-0.05, 0) is 125 Å². The number of nitrogens with one attached hydrogen (secondary N) is 2. The van der Waals surface area contributed by atoms with Crippen molar-refractivity contribution in [2.75, 3.05) is 77.2 Å². The van der Waals surface area contributed by atoms with Crippen molar-refractivity contribution in [3.8, 4) is 0 Å². The second kappa shape index (κ2) is 17.6. The molecule has 14 nitrogen and oxygen atoms in total. The molecule has 6 heterocycles. The Morgan fingerprint density at radius 2 is 1.29 bits per heavy atom. The third-order valence-corrected chi connectivity index (χ3v) is 15.3. The number of rotatable bonds is 11. The van der Waals surface area contributed by atoms with Gasteiger partial charge < -0.3 is 40.4 Å². The van der Waals surface area contributed by atoms with E-state index in [1.165, 1.54) is 0 Å². The van der Waals surface area contributed by atoms with Crippen molar-refractivity contribution in [3.63, 3.8) is 0 Å². The molecule has 2 spiro atoms. The molecule has 66 heavy (non-hydrogen) atoms. The van der Waals surface area contributed by atoms with Crippen molar-refractivity contribution in [2.24, 2.45) is 5.92 Å². The lowest BCUT2D eigenvalue weighted by Gasteiger charge is -2.39. The van der Waals surface area contributed by atoms with Gasteiger partial charge in [0.05, 0.1) is 38.2 Å². The van der Waals surface area contributed by atoms with Crippen LogP contribution in [0, 0.1) is 5.92 Å². The molecule has 0 saturated carbocycles. The van der Waals surface area contributed by atoms with Crippen molar-refractivity contribution in [1.29, 1.82) is 0 Å². The number of para-hydroxylation sites is 2. The molecule has 3 atom stereocenters. The number of benzene rings is 4. The van der Waals surface area contributed by atoms with Gasteiger partial charge in [-0.25, -0.2) is 0 Å². The molecule has 6 aliphatic heterocycles. The summed E-state index contributed by atoms with van der Waals surface area (Å²) < 4.78 is 0. The van der Waals surface area contributed by atoms with E-state index < -0.39 is 28.5 Å². The van der Waals surface area contributed by atoms with E-state index in [9.17, 15) is 24.6 Å². The fourth-order valence-corrected chi connectivity index (χ4v) is 11.6. The molecule has 0 aromatic heterocycles. The second-order valence-corrected chi connectivity index (χ2v) is 18.9. The summed E-state index contributed by atoms with van der Waals surface area (Å²) in [5.74, 6) is -1.36. The van der Waals surface area contributed by atoms with E-state index in [0.29, 0.717) is 75.6 Å². The predicted molar refractivity (Wildman–Crippen MR) is 255 cm³/mol. The highest BCUT2D eigenvalue weighted by molar-refractivity contribution is 6.10. The second-order valence-electron chi connectivity index (χ2n) is 18.9. The van der Waals surface area contributed by atoms with Crippen molar-refractivity contribution in [3.05, 3.63) is 126 Å². The largest absolute Gasteiger partial charge is 0.394 e. The van der Waals surface area contributed by atoms with Crippen LogP contribution in [0.2, 0.25) is 0 Å². The number of amides is 4. The van der Waals surface area contributed by atoms with Crippen LogP contribution in [-0.2, 0) is 31.3 Å². The Hall–Kier alpha value is -6.06. The van der Waals surface area contributed by atoms with Crippen LogP contribution in [0.3, 0.4) is 0 Å². The van der Waals surface area contributed by atoms with Gasteiger partial charge in [0.2, 0.25) is 5.91 Å². The minimum atomic E-state index is -2.04. The molecule has 4 aromatic rings. The van der Waals surface area contributed by atoms with Crippen LogP contribution in [0.25, 0.3) is 0 Å². The zero-order valence-electron chi connectivity index (χ0n) is 37.6. The molecule has 4 aromatic carbocycles. The minimum Gasteiger partial charge on any atom is -0.394 e. The summed E-state index contributed by atoms with van der Waals surface area (Å²) in [6, 6.07) is 33.1. The average molecular weight is 893 g/mol. The Bertz CT molecular complexity index is 2510. The number of carbonyl (C=O) groups is 4. The van der Waals surface area contributed by atoms with Crippen molar-refractivity contribution >= 4 is 52.1 Å². The topological polar surface area (TPSA) is 152 Å². The summed E-state index contributed by atoms with van der Waals surface area (Å²) in [6.45, 7) is 6.00. The SMILES string of the molecule is C[C@H](/C=C/CC(=O)N1CCC[C@H]1CO)[C@@]1(O)C(=O)N(Cc2cccc(N3CN(c4ccccc4)C4(CCNCC4)C3=O)c2)c2ccc(N3CN(c4ccccc4)C4(CCNCC4)C3=O)cc21. The Labute approximate surface area is 386 Å². The quantitative estimate of drug-likeness (QED) is 0.154. The molecule has 0 aliphatic carbocycles. The number of hydrogen-bond acceptors (Lipinski definition) is 10. The molecule has 344 valence electrons. The number of likely N-dealkylation sites (tertiary alicyclic amines) is 1. The lowest BCUT2D eigenvalue weighted by Crippen LogP contribution is -2.55. The molecule has 4 N–H and O–H groups in total. The third kappa shape index (κ3) is 7.25. The van der Waals surface area contributed by atoms with E-state index in [1.807, 2.05) is 89.8 Å². The van der Waals surface area contributed by atoms with Crippen LogP contribution in [0.15, 0.2) is 115 Å². The summed E-state index contributed by atoms with van der Waals surface area (Å²) >= 11 is 0. The molecule has 0 bridgehead atoms. The fraction of sp³-hybridized carbons (Fsp3) is 0.423. The maximum absolute atomic E-state index is 15.1. The van der Waals surface area contributed by atoms with Gasteiger partial charge in [0.15, 0.2) is 5.60 Å². The summed E-state index contributed by atoms with van der Waals surface area (Å²) in [5.41, 5.74) is 1.51. The summed E-state index contributed by atoms with van der Waals surface area (Å²) in [6.07, 6.45) is 7.75. The molecule has 0 unspecified atom stereocenters. The van der Waals surface area contributed by atoms with Crippen molar-refractivity contribution in [1.82, 2.24) is 15.5 Å². The maximum atomic E-state index is 15.1. The average Bonchev–Trinajstić information content (AvgIpc) is 4.08. The van der Waals surface area contributed by atoms with E-state index in [1.54, 1.807) is 39.8 Å². The van der Waals surface area contributed by atoms with Crippen molar-refractivity contribution in [2.45, 2.75) is 81.1 Å². The Balaban J connectivity index is 0.979. The molecule has 10 rings (SSSR count). The first-order valence-corrected chi connectivity index (χ1v) is 23.6. The zero-order valence-corrected chi connectivity index (χ0v) is 37.6. The van der Waals surface area contributed by atoms with Crippen LogP contribution in [0.1, 0.15) is 63.0 Å². The zero-order chi connectivity index (χ0) is 45.6. The molecular weight excluding hydrogens is 833 g/mol. The number of fused-ring (bicyclic) bond motifs is 1. The van der Waals surface area contributed by atoms with Crippen LogP contribution >= 0.6 is 0 Å². The molecule has 5 saturated heterocycles. The molecule has 0 radical (unpaired) electrons. The number of hydrogen-bond donors (Lipinski definition) is 4. The van der Waals surface area contributed by atoms with E-state index in [2.05, 4.69) is 32.6 Å². The van der Waals surface area contributed by atoms with Gasteiger partial charge in [-0.15, -0.1) is 0 Å². The van der Waals surface area contributed by atoms with Crippen molar-refractivity contribution < 1.29 is 29.4 Å². The third-order valence-electron chi connectivity index (χ3n) is 15.3. The van der Waals surface area contributed by atoms with E-state index in [-0.39, 0.29) is 43.3 Å². The van der Waals surface area contributed by atoms with Gasteiger partial charge in [-0.2, -0.15) is 0 Å². The first-order valence-electron chi connectivity index (χ1n) is 23.6. The van der Waals surface area contributed by atoms with E-state index in [4.69, 9.17) is 0 Å². The number of aliphatic hydroxyl groups excluding tert-OH is 1. The number of piperidine rings is 2. The Morgan fingerprint density at radius 1 is 0.727 bits per heavy atom. The maximum Gasteiger partial charge on any atom is 0.264 e. The van der Waals surface area contributed by atoms with Gasteiger partial charge in [0.1, 0.15) is 11.1 Å². The smallest absolute Gasteiger partial charge is 0.264 e. The Kier molecular flexibility index (Phi) is 11.7. The van der Waals surface area contributed by atoms with Crippen LogP contribution < -0.4 is 35.1 Å². The molecule has 6 aliphatic rings. The van der Waals surface area contributed by atoms with E-state index >= 15 is 4.79 Å². The lowest BCUT2D eigenvalue weighted by molar-refractivity contribution is -0.139. The lowest BCUT2D eigenvalue weighted by atomic mass is 9.82. The van der Waals surface area contributed by atoms with Gasteiger partial charge in [0, 0.05) is 47.2 Å². The van der Waals surface area contributed by atoms with Gasteiger partial charge in [-0.1, -0.05) is 67.6 Å². The number of anilines is 5. The summed E-state index contributed by atoms with van der Waals surface area (Å²) in [4.78, 5) is 69.1. The highest BCUT2D eigenvalue weighted by Crippen LogP contribution is 2.49. The number of aliphatic hydroxyl groups is 2.